The Bertz CT molecular complexity index is 862. The predicted octanol–water partition coefficient (Wildman–Crippen LogP) is 0.927. The molecule has 0 bridgehead atoms. The van der Waals surface area contributed by atoms with Crippen LogP contribution in [0.15, 0.2) is 32.3 Å². The second-order valence-electron chi connectivity index (χ2n) is 6.06. The lowest BCUT2D eigenvalue weighted by Gasteiger charge is -2.22. The highest BCUT2D eigenvalue weighted by atomic mass is 32.2. The predicted molar refractivity (Wildman–Crippen MR) is 86.6 cm³/mol. The van der Waals surface area contributed by atoms with E-state index in [9.17, 15) is 13.2 Å². The van der Waals surface area contributed by atoms with Gasteiger partial charge in [-0.05, 0) is 30.9 Å². The molecule has 1 atom stereocenters. The fraction of sp³-hybridized carbons (Fsp3) is 0.533. The minimum absolute atomic E-state index is 0.0794. The molecular formula is C15H21N3O4S. The second kappa shape index (κ2) is 6.10. The molecule has 1 fully saturated rings. The molecule has 3 N–H and O–H groups in total. The molecule has 1 aliphatic carbocycles. The van der Waals surface area contributed by atoms with Gasteiger partial charge in [-0.3, -0.25) is 4.57 Å². The summed E-state index contributed by atoms with van der Waals surface area (Å²) in [7, 11) is -2.13. The third-order valence-electron chi connectivity index (χ3n) is 4.60. The third kappa shape index (κ3) is 3.06. The Morgan fingerprint density at radius 2 is 2.09 bits per heavy atom. The summed E-state index contributed by atoms with van der Waals surface area (Å²) in [6.45, 7) is 0.270. The number of oxazole rings is 1. The summed E-state index contributed by atoms with van der Waals surface area (Å²) in [5, 5.41) is 0. The number of nitrogens with zero attached hydrogens (tertiary/aromatic N) is 1. The van der Waals surface area contributed by atoms with E-state index in [0.717, 1.165) is 25.7 Å². The van der Waals surface area contributed by atoms with E-state index < -0.39 is 15.8 Å². The molecule has 1 aromatic heterocycles. The quantitative estimate of drug-likeness (QED) is 0.842. The van der Waals surface area contributed by atoms with Gasteiger partial charge in [-0.2, -0.15) is 0 Å². The average molecular weight is 339 g/mol. The van der Waals surface area contributed by atoms with Crippen molar-refractivity contribution >= 4 is 21.1 Å². The van der Waals surface area contributed by atoms with E-state index in [-0.39, 0.29) is 29.0 Å². The minimum Gasteiger partial charge on any atom is -0.408 e. The molecule has 0 radical (unpaired) electrons. The highest BCUT2D eigenvalue weighted by Gasteiger charge is 2.28. The van der Waals surface area contributed by atoms with E-state index >= 15 is 0 Å². The number of fused-ring (bicyclic) bond motifs is 1. The number of rotatable bonds is 5. The zero-order valence-corrected chi connectivity index (χ0v) is 13.8. The van der Waals surface area contributed by atoms with Crippen LogP contribution in [-0.4, -0.2) is 25.6 Å². The van der Waals surface area contributed by atoms with Crippen LogP contribution in [0.25, 0.3) is 11.1 Å². The van der Waals surface area contributed by atoms with Crippen LogP contribution in [0.2, 0.25) is 0 Å². The normalized spacial score (nSPS) is 17.8. The fourth-order valence-corrected chi connectivity index (χ4v) is 4.58. The molecule has 1 saturated carbocycles. The molecule has 0 saturated heterocycles. The molecule has 1 heterocycles. The molecule has 23 heavy (non-hydrogen) atoms. The first-order valence-corrected chi connectivity index (χ1v) is 9.22. The van der Waals surface area contributed by atoms with Gasteiger partial charge in [-0.15, -0.1) is 0 Å². The lowest BCUT2D eigenvalue weighted by atomic mass is 9.99. The van der Waals surface area contributed by atoms with Gasteiger partial charge in [0.05, 0.1) is 10.4 Å². The number of aromatic nitrogens is 1. The maximum Gasteiger partial charge on any atom is 0.419 e. The molecule has 1 aliphatic rings. The number of aryl methyl sites for hydroxylation is 1. The zero-order chi connectivity index (χ0) is 16.6. The van der Waals surface area contributed by atoms with Crippen LogP contribution in [-0.2, 0) is 17.1 Å². The van der Waals surface area contributed by atoms with Crippen LogP contribution in [0.4, 0.5) is 0 Å². The van der Waals surface area contributed by atoms with Crippen molar-refractivity contribution in [1.29, 1.82) is 0 Å². The summed E-state index contributed by atoms with van der Waals surface area (Å²) >= 11 is 0. The Labute approximate surface area is 134 Å². The second-order valence-corrected chi connectivity index (χ2v) is 7.78. The fourth-order valence-electron chi connectivity index (χ4n) is 3.25. The van der Waals surface area contributed by atoms with E-state index in [1.807, 2.05) is 0 Å². The highest BCUT2D eigenvalue weighted by molar-refractivity contribution is 7.89. The van der Waals surface area contributed by atoms with Gasteiger partial charge in [0.2, 0.25) is 10.0 Å². The SMILES string of the molecule is Cn1c(=O)oc2cc(S(=O)(=O)NC(CN)C3CCCC3)ccc21. The van der Waals surface area contributed by atoms with Crippen molar-refractivity contribution < 1.29 is 12.8 Å². The van der Waals surface area contributed by atoms with Gasteiger partial charge >= 0.3 is 5.76 Å². The first-order valence-electron chi connectivity index (χ1n) is 7.74. The number of benzene rings is 1. The molecule has 7 nitrogen and oxygen atoms in total. The molecule has 8 heteroatoms. The summed E-state index contributed by atoms with van der Waals surface area (Å²) in [6, 6.07) is 4.16. The van der Waals surface area contributed by atoms with Crippen LogP contribution in [0, 0.1) is 5.92 Å². The molecular weight excluding hydrogens is 318 g/mol. The molecule has 126 valence electrons. The molecule has 0 aliphatic heterocycles. The Kier molecular flexibility index (Phi) is 4.31. The van der Waals surface area contributed by atoms with Crippen LogP contribution in [0.5, 0.6) is 0 Å². The van der Waals surface area contributed by atoms with Crippen molar-refractivity contribution in [2.75, 3.05) is 6.54 Å². The lowest BCUT2D eigenvalue weighted by molar-refractivity contribution is 0.405. The number of nitrogens with two attached hydrogens (primary N) is 1. The number of hydrogen-bond donors (Lipinski definition) is 2. The summed E-state index contributed by atoms with van der Waals surface area (Å²) in [4.78, 5) is 11.6. The molecule has 0 spiro atoms. The average Bonchev–Trinajstić information content (AvgIpc) is 3.14. The zero-order valence-electron chi connectivity index (χ0n) is 13.0. The van der Waals surface area contributed by atoms with Crippen LogP contribution >= 0.6 is 0 Å². The molecule has 3 rings (SSSR count). The largest absolute Gasteiger partial charge is 0.419 e. The number of nitrogens with one attached hydrogen (secondary N) is 1. The van der Waals surface area contributed by atoms with Gasteiger partial charge in [0.15, 0.2) is 5.58 Å². The van der Waals surface area contributed by atoms with Gasteiger partial charge in [-0.1, -0.05) is 12.8 Å². The van der Waals surface area contributed by atoms with Crippen molar-refractivity contribution in [2.24, 2.45) is 18.7 Å². The summed E-state index contributed by atoms with van der Waals surface area (Å²) in [5.41, 5.74) is 6.57. The summed E-state index contributed by atoms with van der Waals surface area (Å²) in [5.74, 6) is -0.235. The Balaban J connectivity index is 1.90. The van der Waals surface area contributed by atoms with Crippen LogP contribution in [0.1, 0.15) is 25.7 Å². The van der Waals surface area contributed by atoms with Crippen LogP contribution < -0.4 is 16.2 Å². The maximum atomic E-state index is 12.6. The van der Waals surface area contributed by atoms with Gasteiger partial charge < -0.3 is 10.2 Å². The van der Waals surface area contributed by atoms with Gasteiger partial charge in [0.1, 0.15) is 0 Å². The standard InChI is InChI=1S/C15H21N3O4S/c1-18-13-7-6-11(8-14(13)22-15(18)19)23(20,21)17-12(9-16)10-4-2-3-5-10/h6-8,10,12,17H,2-5,9,16H2,1H3. The first kappa shape index (κ1) is 16.2. The van der Waals surface area contributed by atoms with Gasteiger partial charge in [0, 0.05) is 25.7 Å². The van der Waals surface area contributed by atoms with Crippen molar-refractivity contribution in [2.45, 2.75) is 36.6 Å². The van der Waals surface area contributed by atoms with E-state index in [2.05, 4.69) is 4.72 Å². The van der Waals surface area contributed by atoms with Crippen molar-refractivity contribution in [1.82, 2.24) is 9.29 Å². The first-order chi connectivity index (χ1) is 10.9. The number of hydrogen-bond acceptors (Lipinski definition) is 5. The van der Waals surface area contributed by atoms with Crippen molar-refractivity contribution in [3.63, 3.8) is 0 Å². The Morgan fingerprint density at radius 1 is 1.39 bits per heavy atom. The summed E-state index contributed by atoms with van der Waals surface area (Å²) in [6.07, 6.45) is 4.22. The molecule has 1 unspecified atom stereocenters. The van der Waals surface area contributed by atoms with E-state index in [1.165, 1.54) is 16.7 Å². The van der Waals surface area contributed by atoms with Crippen molar-refractivity contribution in [3.05, 3.63) is 28.7 Å². The minimum atomic E-state index is -3.71. The number of sulfonamides is 1. The summed E-state index contributed by atoms with van der Waals surface area (Å²) < 4.78 is 34.3. The third-order valence-corrected chi connectivity index (χ3v) is 6.09. The smallest absolute Gasteiger partial charge is 0.408 e. The Hall–Kier alpha value is -1.64. The van der Waals surface area contributed by atoms with Crippen LogP contribution in [0.3, 0.4) is 0 Å². The highest BCUT2D eigenvalue weighted by Crippen LogP contribution is 2.28. The molecule has 0 amide bonds. The van der Waals surface area contributed by atoms with E-state index in [0.29, 0.717) is 5.52 Å². The van der Waals surface area contributed by atoms with Crippen molar-refractivity contribution in [3.8, 4) is 0 Å². The Morgan fingerprint density at radius 3 is 2.74 bits per heavy atom. The van der Waals surface area contributed by atoms with E-state index in [1.54, 1.807) is 13.1 Å². The lowest BCUT2D eigenvalue weighted by Crippen LogP contribution is -2.44. The maximum absolute atomic E-state index is 12.6. The monoisotopic (exact) mass is 339 g/mol. The molecule has 2 aromatic rings. The van der Waals surface area contributed by atoms with E-state index in [4.69, 9.17) is 10.2 Å². The topological polar surface area (TPSA) is 107 Å². The van der Waals surface area contributed by atoms with Gasteiger partial charge in [0.25, 0.3) is 0 Å². The molecule has 1 aromatic carbocycles. The van der Waals surface area contributed by atoms with Gasteiger partial charge in [-0.25, -0.2) is 17.9 Å².